The molecule has 114 valence electrons. The van der Waals surface area contributed by atoms with Crippen LogP contribution in [0.1, 0.15) is 23.0 Å². The molecular formula is C18H15BrN3O+. The van der Waals surface area contributed by atoms with Gasteiger partial charge in [-0.15, -0.1) is 0 Å². The van der Waals surface area contributed by atoms with E-state index in [2.05, 4.69) is 63.2 Å². The Morgan fingerprint density at radius 1 is 1.13 bits per heavy atom. The average molecular weight is 369 g/mol. The van der Waals surface area contributed by atoms with E-state index >= 15 is 0 Å². The smallest absolute Gasteiger partial charge is 0.304 e. The molecule has 23 heavy (non-hydrogen) atoms. The number of ether oxygens (including phenoxy) is 1. The molecule has 0 radical (unpaired) electrons. The molecule has 0 amide bonds. The van der Waals surface area contributed by atoms with Gasteiger partial charge in [0, 0.05) is 16.0 Å². The maximum Gasteiger partial charge on any atom is 0.304 e. The Morgan fingerprint density at radius 2 is 1.96 bits per heavy atom. The second-order valence-electron chi connectivity index (χ2n) is 6.06. The van der Waals surface area contributed by atoms with E-state index in [0.717, 1.165) is 22.4 Å². The topological polar surface area (TPSA) is 30.9 Å². The molecule has 0 saturated carbocycles. The van der Waals surface area contributed by atoms with Crippen molar-refractivity contribution in [2.24, 2.45) is 0 Å². The highest BCUT2D eigenvalue weighted by atomic mass is 79.9. The molecule has 1 aromatic heterocycles. The van der Waals surface area contributed by atoms with Crippen molar-refractivity contribution in [2.75, 3.05) is 0 Å². The van der Waals surface area contributed by atoms with Crippen molar-refractivity contribution >= 4 is 15.9 Å². The molecule has 1 aliphatic carbocycles. The molecule has 3 aromatic rings. The van der Waals surface area contributed by atoms with Gasteiger partial charge in [0.05, 0.1) is 0 Å². The van der Waals surface area contributed by atoms with Crippen LogP contribution in [0, 0.1) is 0 Å². The Labute approximate surface area is 142 Å². The van der Waals surface area contributed by atoms with Crippen molar-refractivity contribution in [3.8, 4) is 5.69 Å². The van der Waals surface area contributed by atoms with Gasteiger partial charge in [-0.05, 0) is 35.4 Å². The molecule has 5 rings (SSSR count). The van der Waals surface area contributed by atoms with Crippen molar-refractivity contribution < 1.29 is 9.30 Å². The molecular weight excluding hydrogens is 354 g/mol. The van der Waals surface area contributed by atoms with E-state index in [1.165, 1.54) is 11.1 Å². The third kappa shape index (κ3) is 2.07. The molecule has 5 heteroatoms. The molecule has 0 bridgehead atoms. The lowest BCUT2D eigenvalue weighted by atomic mass is 10.1. The molecule has 1 aliphatic heterocycles. The second kappa shape index (κ2) is 5.01. The van der Waals surface area contributed by atoms with Crippen LogP contribution in [0.2, 0.25) is 0 Å². The molecule has 0 saturated heterocycles. The van der Waals surface area contributed by atoms with Crippen LogP contribution < -0.4 is 4.57 Å². The fourth-order valence-electron chi connectivity index (χ4n) is 3.64. The van der Waals surface area contributed by atoms with E-state index in [1.54, 1.807) is 0 Å². The third-order valence-corrected chi connectivity index (χ3v) is 5.25. The summed E-state index contributed by atoms with van der Waals surface area (Å²) in [4.78, 5) is 0. The van der Waals surface area contributed by atoms with Gasteiger partial charge >= 0.3 is 5.82 Å². The zero-order chi connectivity index (χ0) is 15.4. The first-order chi connectivity index (χ1) is 11.3. The Bertz CT molecular complexity index is 888. The number of hydrogen-bond acceptors (Lipinski definition) is 2. The standard InChI is InChI=1S/C18H15BrN3O/c19-13-5-7-14(8-6-13)22-11-21-17(20-22)10-23-16-9-12-3-1-2-4-15(12)18(16)21/h1-8,11,16,18H,9-10H2/q+1. The van der Waals surface area contributed by atoms with Crippen molar-refractivity contribution in [2.45, 2.75) is 25.2 Å². The summed E-state index contributed by atoms with van der Waals surface area (Å²) in [5, 5.41) is 4.72. The Morgan fingerprint density at radius 3 is 2.83 bits per heavy atom. The molecule has 2 aromatic carbocycles. The minimum absolute atomic E-state index is 0.215. The highest BCUT2D eigenvalue weighted by Crippen LogP contribution is 2.35. The molecule has 2 unspecified atom stereocenters. The highest BCUT2D eigenvalue weighted by Gasteiger charge is 2.43. The quantitative estimate of drug-likeness (QED) is 0.618. The normalized spacial score (nSPS) is 21.6. The third-order valence-electron chi connectivity index (χ3n) is 4.72. The maximum atomic E-state index is 6.07. The van der Waals surface area contributed by atoms with Crippen molar-refractivity contribution in [1.29, 1.82) is 0 Å². The number of rotatable bonds is 1. The van der Waals surface area contributed by atoms with E-state index in [-0.39, 0.29) is 12.1 Å². The predicted octanol–water partition coefficient (Wildman–Crippen LogP) is 2.97. The van der Waals surface area contributed by atoms with Crippen LogP contribution in [-0.4, -0.2) is 15.9 Å². The van der Waals surface area contributed by atoms with Crippen LogP contribution in [0.4, 0.5) is 0 Å². The van der Waals surface area contributed by atoms with E-state index in [0.29, 0.717) is 6.61 Å². The Hall–Kier alpha value is -1.98. The molecule has 2 heterocycles. The fraction of sp³-hybridized carbons (Fsp3) is 0.222. The summed E-state index contributed by atoms with van der Waals surface area (Å²) < 4.78 is 11.4. The van der Waals surface area contributed by atoms with Crippen LogP contribution >= 0.6 is 15.9 Å². The molecule has 0 N–H and O–H groups in total. The number of nitrogens with zero attached hydrogens (tertiary/aromatic N) is 3. The van der Waals surface area contributed by atoms with E-state index in [4.69, 9.17) is 9.84 Å². The van der Waals surface area contributed by atoms with Gasteiger partial charge in [-0.1, -0.05) is 44.9 Å². The summed E-state index contributed by atoms with van der Waals surface area (Å²) in [7, 11) is 0. The van der Waals surface area contributed by atoms with Crippen LogP contribution in [0.5, 0.6) is 0 Å². The molecule has 0 spiro atoms. The predicted molar refractivity (Wildman–Crippen MR) is 88.3 cm³/mol. The summed E-state index contributed by atoms with van der Waals surface area (Å²) in [5.41, 5.74) is 3.80. The van der Waals surface area contributed by atoms with Crippen molar-refractivity contribution in [3.63, 3.8) is 0 Å². The van der Waals surface area contributed by atoms with Gasteiger partial charge in [0.2, 0.25) is 6.33 Å². The molecule has 2 aliphatic rings. The van der Waals surface area contributed by atoms with E-state index in [9.17, 15) is 0 Å². The van der Waals surface area contributed by atoms with Crippen LogP contribution in [-0.2, 0) is 17.8 Å². The molecule has 4 nitrogen and oxygen atoms in total. The van der Waals surface area contributed by atoms with Crippen molar-refractivity contribution in [1.82, 2.24) is 9.78 Å². The highest BCUT2D eigenvalue weighted by molar-refractivity contribution is 9.10. The maximum absolute atomic E-state index is 6.07. The minimum atomic E-state index is 0.215. The zero-order valence-electron chi connectivity index (χ0n) is 12.4. The molecule has 0 fully saturated rings. The van der Waals surface area contributed by atoms with E-state index < -0.39 is 0 Å². The van der Waals surface area contributed by atoms with Gasteiger partial charge < -0.3 is 4.74 Å². The summed E-state index contributed by atoms with van der Waals surface area (Å²) in [6, 6.07) is 17.0. The zero-order valence-corrected chi connectivity index (χ0v) is 14.0. The first-order valence-electron chi connectivity index (χ1n) is 7.74. The summed E-state index contributed by atoms with van der Waals surface area (Å²) in [6.45, 7) is 0.568. The van der Waals surface area contributed by atoms with Gasteiger partial charge in [0.15, 0.2) is 0 Å². The number of hydrogen-bond donors (Lipinski definition) is 0. The van der Waals surface area contributed by atoms with Crippen LogP contribution in [0.3, 0.4) is 0 Å². The van der Waals surface area contributed by atoms with Gasteiger partial charge in [0.25, 0.3) is 0 Å². The number of fused-ring (bicyclic) bond motifs is 5. The van der Waals surface area contributed by atoms with Crippen LogP contribution in [0.15, 0.2) is 59.3 Å². The summed E-state index contributed by atoms with van der Waals surface area (Å²) >= 11 is 3.48. The number of halogens is 1. The first-order valence-corrected chi connectivity index (χ1v) is 8.54. The first kappa shape index (κ1) is 13.5. The second-order valence-corrected chi connectivity index (χ2v) is 6.97. The fourth-order valence-corrected chi connectivity index (χ4v) is 3.90. The Balaban J connectivity index is 1.61. The van der Waals surface area contributed by atoms with Crippen molar-refractivity contribution in [3.05, 3.63) is 76.3 Å². The summed E-state index contributed by atoms with van der Waals surface area (Å²) in [6.07, 6.45) is 3.30. The lowest BCUT2D eigenvalue weighted by Gasteiger charge is -2.23. The SMILES string of the molecule is Brc1ccc(-n2c[n+]3c(n2)COC2Cc4ccccc4C23)cc1. The Kier molecular flexibility index (Phi) is 2.93. The average Bonchev–Trinajstić information content (AvgIpc) is 3.16. The lowest BCUT2D eigenvalue weighted by molar-refractivity contribution is -0.739. The van der Waals surface area contributed by atoms with Gasteiger partial charge in [-0.25, -0.2) is 4.57 Å². The van der Waals surface area contributed by atoms with Gasteiger partial charge in [-0.2, -0.15) is 0 Å². The molecule has 2 atom stereocenters. The van der Waals surface area contributed by atoms with E-state index in [1.807, 2.05) is 16.8 Å². The largest absolute Gasteiger partial charge is 0.363 e. The minimum Gasteiger partial charge on any atom is -0.363 e. The van der Waals surface area contributed by atoms with Gasteiger partial charge in [0.1, 0.15) is 24.4 Å². The monoisotopic (exact) mass is 368 g/mol. The lowest BCUT2D eigenvalue weighted by Crippen LogP contribution is -2.51. The number of aromatic nitrogens is 3. The number of benzene rings is 2. The summed E-state index contributed by atoms with van der Waals surface area (Å²) in [5.74, 6) is 0.978. The van der Waals surface area contributed by atoms with Gasteiger partial charge in [-0.3, -0.25) is 0 Å². The van der Waals surface area contributed by atoms with Crippen LogP contribution in [0.25, 0.3) is 5.69 Å².